The fourth-order valence-electron chi connectivity index (χ4n) is 1.83. The molecule has 1 aromatic carbocycles. The minimum Gasteiger partial charge on any atom is -0.362 e. The molecule has 0 bridgehead atoms. The number of amides is 1. The highest BCUT2D eigenvalue weighted by atomic mass is 79.9. The molecule has 0 aliphatic carbocycles. The lowest BCUT2D eigenvalue weighted by Gasteiger charge is -2.32. The molecule has 1 amide bonds. The Hall–Kier alpha value is -1.13. The van der Waals surface area contributed by atoms with Gasteiger partial charge in [0.1, 0.15) is 12.7 Å². The van der Waals surface area contributed by atoms with Crippen molar-refractivity contribution in [3.63, 3.8) is 0 Å². The molecule has 0 unspecified atom stereocenters. The zero-order valence-electron chi connectivity index (χ0n) is 9.43. The van der Waals surface area contributed by atoms with Crippen molar-refractivity contribution in [2.24, 2.45) is 0 Å². The first-order valence-corrected chi connectivity index (χ1v) is 6.25. The summed E-state index contributed by atoms with van der Waals surface area (Å²) in [6.07, 6.45) is 1.70. The van der Waals surface area contributed by atoms with Gasteiger partial charge in [-0.3, -0.25) is 4.79 Å². The smallest absolute Gasteiger partial charge is 0.248 e. The van der Waals surface area contributed by atoms with Crippen molar-refractivity contribution in [2.45, 2.75) is 6.10 Å². The van der Waals surface area contributed by atoms with E-state index in [1.807, 2.05) is 24.3 Å². The number of morpholine rings is 1. The first kappa shape index (κ1) is 12.3. The summed E-state index contributed by atoms with van der Waals surface area (Å²) >= 11 is 3.40. The molecule has 1 aliphatic heterocycles. The number of nitrogens with zero attached hydrogens (tertiary/aromatic N) is 1. The van der Waals surface area contributed by atoms with E-state index in [-0.39, 0.29) is 18.6 Å². The third-order valence-electron chi connectivity index (χ3n) is 2.74. The van der Waals surface area contributed by atoms with Gasteiger partial charge in [0, 0.05) is 11.0 Å². The van der Waals surface area contributed by atoms with Crippen molar-refractivity contribution in [1.29, 1.82) is 0 Å². The summed E-state index contributed by atoms with van der Waals surface area (Å²) in [4.78, 5) is 13.3. The molecule has 0 spiro atoms. The third-order valence-corrected chi connectivity index (χ3v) is 3.27. The van der Waals surface area contributed by atoms with Gasteiger partial charge in [-0.1, -0.05) is 34.1 Å². The van der Waals surface area contributed by atoms with Gasteiger partial charge in [-0.2, -0.15) is 0 Å². The van der Waals surface area contributed by atoms with Crippen molar-refractivity contribution in [2.75, 3.05) is 19.7 Å². The first-order chi connectivity index (χ1) is 8.20. The molecule has 0 saturated carbocycles. The Morgan fingerprint density at radius 3 is 2.82 bits per heavy atom. The lowest BCUT2D eigenvalue weighted by Crippen LogP contribution is -2.43. The lowest BCUT2D eigenvalue weighted by atomic mass is 10.1. The maximum atomic E-state index is 11.6. The summed E-state index contributed by atoms with van der Waals surface area (Å²) in [6, 6.07) is 7.98. The van der Waals surface area contributed by atoms with E-state index in [1.165, 1.54) is 0 Å². The van der Waals surface area contributed by atoms with Gasteiger partial charge in [-0.25, -0.2) is 0 Å². The zero-order chi connectivity index (χ0) is 12.3. The van der Waals surface area contributed by atoms with Gasteiger partial charge in [0.25, 0.3) is 0 Å². The maximum Gasteiger partial charge on any atom is 0.248 e. The average molecular weight is 296 g/mol. The molecule has 3 nitrogen and oxygen atoms in total. The van der Waals surface area contributed by atoms with Crippen LogP contribution in [-0.4, -0.2) is 30.5 Å². The van der Waals surface area contributed by atoms with Crippen LogP contribution in [0.4, 0.5) is 0 Å². The molecule has 4 heteroatoms. The molecule has 1 fully saturated rings. The highest BCUT2D eigenvalue weighted by Crippen LogP contribution is 2.24. The SMILES string of the molecule is C=CCN1C[C@H](c2ccc(Br)cc2)OCC1=O. The van der Waals surface area contributed by atoms with Crippen molar-refractivity contribution in [3.05, 3.63) is 47.0 Å². The predicted octanol–water partition coefficient (Wildman–Crippen LogP) is 2.54. The Morgan fingerprint density at radius 1 is 1.47 bits per heavy atom. The molecule has 90 valence electrons. The average Bonchev–Trinajstić information content (AvgIpc) is 2.33. The molecule has 17 heavy (non-hydrogen) atoms. The van der Waals surface area contributed by atoms with Crippen molar-refractivity contribution < 1.29 is 9.53 Å². The Labute approximate surface area is 109 Å². The van der Waals surface area contributed by atoms with Crippen LogP contribution in [0.5, 0.6) is 0 Å². The number of halogens is 1. The Morgan fingerprint density at radius 2 is 2.18 bits per heavy atom. The molecule has 1 aliphatic rings. The van der Waals surface area contributed by atoms with E-state index < -0.39 is 0 Å². The molecular weight excluding hydrogens is 282 g/mol. The van der Waals surface area contributed by atoms with E-state index in [0.717, 1.165) is 10.0 Å². The topological polar surface area (TPSA) is 29.5 Å². The second-order valence-electron chi connectivity index (χ2n) is 3.94. The number of rotatable bonds is 3. The largest absolute Gasteiger partial charge is 0.362 e. The summed E-state index contributed by atoms with van der Waals surface area (Å²) < 4.78 is 6.59. The standard InChI is InChI=1S/C13H14BrNO2/c1-2-7-15-8-12(17-9-13(15)16)10-3-5-11(14)6-4-10/h2-6,12H,1,7-9H2/t12-/m1/s1. The molecule has 1 heterocycles. The minimum absolute atomic E-state index is 0.0262. The first-order valence-electron chi connectivity index (χ1n) is 5.46. The fraction of sp³-hybridized carbons (Fsp3) is 0.308. The number of hydrogen-bond donors (Lipinski definition) is 0. The van der Waals surface area contributed by atoms with Crippen LogP contribution in [0.3, 0.4) is 0 Å². The summed E-state index contributed by atoms with van der Waals surface area (Å²) in [7, 11) is 0. The van der Waals surface area contributed by atoms with Crippen molar-refractivity contribution >= 4 is 21.8 Å². The lowest BCUT2D eigenvalue weighted by molar-refractivity contribution is -0.148. The van der Waals surface area contributed by atoms with E-state index >= 15 is 0 Å². The summed E-state index contributed by atoms with van der Waals surface area (Å²) in [5.41, 5.74) is 1.09. The van der Waals surface area contributed by atoms with E-state index in [2.05, 4.69) is 22.5 Å². The maximum absolute atomic E-state index is 11.6. The zero-order valence-corrected chi connectivity index (χ0v) is 11.0. The van der Waals surface area contributed by atoms with Gasteiger partial charge in [-0.15, -0.1) is 6.58 Å². The van der Waals surface area contributed by atoms with Crippen molar-refractivity contribution in [3.8, 4) is 0 Å². The normalized spacial score (nSPS) is 20.4. The minimum atomic E-state index is -0.0410. The van der Waals surface area contributed by atoms with Gasteiger partial charge in [0.05, 0.1) is 6.54 Å². The van der Waals surface area contributed by atoms with Gasteiger partial charge in [0.2, 0.25) is 5.91 Å². The monoisotopic (exact) mass is 295 g/mol. The third kappa shape index (κ3) is 2.96. The van der Waals surface area contributed by atoms with Crippen LogP contribution in [-0.2, 0) is 9.53 Å². The van der Waals surface area contributed by atoms with Gasteiger partial charge in [-0.05, 0) is 17.7 Å². The molecule has 0 N–H and O–H groups in total. The van der Waals surface area contributed by atoms with E-state index in [9.17, 15) is 4.79 Å². The number of carbonyl (C=O) groups excluding carboxylic acids is 1. The van der Waals surface area contributed by atoms with Crippen LogP contribution < -0.4 is 0 Å². The highest BCUT2D eigenvalue weighted by molar-refractivity contribution is 9.10. The fourth-order valence-corrected chi connectivity index (χ4v) is 2.09. The van der Waals surface area contributed by atoms with Gasteiger partial charge < -0.3 is 9.64 Å². The molecule has 0 radical (unpaired) electrons. The molecule has 0 aromatic heterocycles. The molecule has 1 saturated heterocycles. The second-order valence-corrected chi connectivity index (χ2v) is 4.85. The summed E-state index contributed by atoms with van der Waals surface area (Å²) in [5.74, 6) is 0.0262. The molecular formula is C13H14BrNO2. The molecule has 1 atom stereocenters. The van der Waals surface area contributed by atoms with Crippen LogP contribution in [0.15, 0.2) is 41.4 Å². The summed E-state index contributed by atoms with van der Waals surface area (Å²) in [6.45, 7) is 4.97. The van der Waals surface area contributed by atoms with E-state index in [0.29, 0.717) is 13.1 Å². The number of ether oxygens (including phenoxy) is 1. The Bertz CT molecular complexity index is 416. The Kier molecular flexibility index (Phi) is 3.97. The van der Waals surface area contributed by atoms with Crippen LogP contribution in [0, 0.1) is 0 Å². The van der Waals surface area contributed by atoms with E-state index in [4.69, 9.17) is 4.74 Å². The summed E-state index contributed by atoms with van der Waals surface area (Å²) in [5, 5.41) is 0. The molecule has 1 aromatic rings. The predicted molar refractivity (Wildman–Crippen MR) is 69.6 cm³/mol. The Balaban J connectivity index is 2.09. The van der Waals surface area contributed by atoms with Crippen LogP contribution in [0.2, 0.25) is 0 Å². The quantitative estimate of drug-likeness (QED) is 0.802. The van der Waals surface area contributed by atoms with Crippen LogP contribution in [0.1, 0.15) is 11.7 Å². The van der Waals surface area contributed by atoms with E-state index in [1.54, 1.807) is 11.0 Å². The van der Waals surface area contributed by atoms with Crippen LogP contribution >= 0.6 is 15.9 Å². The number of carbonyl (C=O) groups is 1. The van der Waals surface area contributed by atoms with Crippen LogP contribution in [0.25, 0.3) is 0 Å². The molecule has 2 rings (SSSR count). The second kappa shape index (κ2) is 5.47. The van der Waals surface area contributed by atoms with Gasteiger partial charge >= 0.3 is 0 Å². The highest BCUT2D eigenvalue weighted by Gasteiger charge is 2.26. The van der Waals surface area contributed by atoms with Gasteiger partial charge in [0.15, 0.2) is 0 Å². The number of hydrogen-bond acceptors (Lipinski definition) is 2. The number of benzene rings is 1. The van der Waals surface area contributed by atoms with Crippen molar-refractivity contribution in [1.82, 2.24) is 4.90 Å².